The van der Waals surface area contributed by atoms with Gasteiger partial charge in [0.1, 0.15) is 5.69 Å². The van der Waals surface area contributed by atoms with E-state index in [4.69, 9.17) is 5.73 Å². The molecule has 4 heteroatoms. The van der Waals surface area contributed by atoms with Crippen molar-refractivity contribution in [2.75, 3.05) is 0 Å². The summed E-state index contributed by atoms with van der Waals surface area (Å²) >= 11 is 0. The first-order chi connectivity index (χ1) is 11.1. The van der Waals surface area contributed by atoms with Crippen molar-refractivity contribution in [2.45, 2.75) is 33.2 Å². The van der Waals surface area contributed by atoms with Gasteiger partial charge in [-0.15, -0.1) is 5.10 Å². The van der Waals surface area contributed by atoms with E-state index in [9.17, 15) is 0 Å². The van der Waals surface area contributed by atoms with E-state index in [-0.39, 0.29) is 0 Å². The number of nitrogens with zero attached hydrogens (tertiary/aromatic N) is 3. The van der Waals surface area contributed by atoms with Gasteiger partial charge in [0.25, 0.3) is 0 Å². The average Bonchev–Trinajstić information content (AvgIpc) is 2.99. The van der Waals surface area contributed by atoms with Crippen molar-refractivity contribution in [3.05, 3.63) is 65.4 Å². The fourth-order valence-electron chi connectivity index (χ4n) is 2.63. The van der Waals surface area contributed by atoms with E-state index in [1.807, 2.05) is 4.68 Å². The van der Waals surface area contributed by atoms with Gasteiger partial charge in [0, 0.05) is 12.1 Å². The molecule has 0 unspecified atom stereocenters. The second-order valence-corrected chi connectivity index (χ2v) is 6.11. The van der Waals surface area contributed by atoms with Crippen LogP contribution in [0.3, 0.4) is 0 Å². The molecule has 0 saturated carbocycles. The minimum absolute atomic E-state index is 0.368. The predicted molar refractivity (Wildman–Crippen MR) is 93.5 cm³/mol. The normalized spacial score (nSPS) is 11.2. The number of aromatic nitrogens is 3. The highest BCUT2D eigenvalue weighted by atomic mass is 15.4. The van der Waals surface area contributed by atoms with Gasteiger partial charge in [-0.2, -0.15) is 0 Å². The van der Waals surface area contributed by atoms with Crippen molar-refractivity contribution in [1.82, 2.24) is 15.0 Å². The van der Waals surface area contributed by atoms with Crippen LogP contribution in [-0.2, 0) is 6.54 Å². The molecule has 23 heavy (non-hydrogen) atoms. The standard InChI is InChI=1S/C19H22N4/c1-13(2)15-8-10-17(11-9-15)23-19(18(12-20)21-22-23)16-6-4-14(3)5-7-16/h4-11,13H,12,20H2,1-3H3. The van der Waals surface area contributed by atoms with Crippen LogP contribution in [0.1, 0.15) is 36.6 Å². The summed E-state index contributed by atoms with van der Waals surface area (Å²) in [5.41, 5.74) is 12.2. The number of nitrogens with two attached hydrogens (primary N) is 1. The molecule has 3 aromatic rings. The third-order valence-electron chi connectivity index (χ3n) is 4.06. The lowest BCUT2D eigenvalue weighted by molar-refractivity contribution is 0.797. The van der Waals surface area contributed by atoms with E-state index >= 15 is 0 Å². The van der Waals surface area contributed by atoms with Crippen molar-refractivity contribution in [1.29, 1.82) is 0 Å². The number of rotatable bonds is 4. The van der Waals surface area contributed by atoms with Gasteiger partial charge in [-0.1, -0.05) is 61.0 Å². The number of hydrogen-bond acceptors (Lipinski definition) is 3. The van der Waals surface area contributed by atoms with Gasteiger partial charge in [0.2, 0.25) is 0 Å². The maximum atomic E-state index is 5.86. The third kappa shape index (κ3) is 3.03. The molecule has 1 heterocycles. The van der Waals surface area contributed by atoms with Crippen molar-refractivity contribution in [2.24, 2.45) is 5.73 Å². The van der Waals surface area contributed by atoms with Crippen LogP contribution in [0.15, 0.2) is 48.5 Å². The van der Waals surface area contributed by atoms with Crippen molar-refractivity contribution in [3.63, 3.8) is 0 Å². The number of hydrogen-bond donors (Lipinski definition) is 1. The molecule has 0 fully saturated rings. The first-order valence-corrected chi connectivity index (χ1v) is 7.92. The largest absolute Gasteiger partial charge is 0.325 e. The summed E-state index contributed by atoms with van der Waals surface area (Å²) in [6.45, 7) is 6.82. The monoisotopic (exact) mass is 306 g/mol. The summed E-state index contributed by atoms with van der Waals surface area (Å²) in [4.78, 5) is 0. The van der Waals surface area contributed by atoms with Crippen LogP contribution in [0, 0.1) is 6.92 Å². The van der Waals surface area contributed by atoms with Crippen LogP contribution in [-0.4, -0.2) is 15.0 Å². The Hall–Kier alpha value is -2.46. The number of aryl methyl sites for hydroxylation is 1. The van der Waals surface area contributed by atoms with Crippen LogP contribution < -0.4 is 5.73 Å². The molecule has 0 aliphatic rings. The van der Waals surface area contributed by atoms with Gasteiger partial charge < -0.3 is 5.73 Å². The molecule has 0 aliphatic heterocycles. The van der Waals surface area contributed by atoms with E-state index in [0.29, 0.717) is 12.5 Å². The minimum atomic E-state index is 0.368. The highest BCUT2D eigenvalue weighted by molar-refractivity contribution is 5.64. The molecule has 4 nitrogen and oxygen atoms in total. The molecule has 3 rings (SSSR count). The van der Waals surface area contributed by atoms with Crippen LogP contribution in [0.25, 0.3) is 16.9 Å². The summed E-state index contributed by atoms with van der Waals surface area (Å²) in [5, 5.41) is 8.57. The Morgan fingerprint density at radius 2 is 1.65 bits per heavy atom. The summed E-state index contributed by atoms with van der Waals surface area (Å²) in [7, 11) is 0. The average molecular weight is 306 g/mol. The van der Waals surface area contributed by atoms with Crippen LogP contribution in [0.5, 0.6) is 0 Å². The Balaban J connectivity index is 2.09. The second kappa shape index (κ2) is 6.34. The molecule has 0 amide bonds. The third-order valence-corrected chi connectivity index (χ3v) is 4.06. The lowest BCUT2D eigenvalue weighted by Crippen LogP contribution is -2.03. The van der Waals surface area contributed by atoms with Gasteiger partial charge in [-0.3, -0.25) is 0 Å². The molecule has 0 atom stereocenters. The molecule has 0 saturated heterocycles. The maximum Gasteiger partial charge on any atom is 0.105 e. The molecule has 0 aliphatic carbocycles. The zero-order valence-electron chi connectivity index (χ0n) is 13.8. The molecular weight excluding hydrogens is 284 g/mol. The van der Waals surface area contributed by atoms with Crippen LogP contribution >= 0.6 is 0 Å². The highest BCUT2D eigenvalue weighted by Gasteiger charge is 2.15. The van der Waals surface area contributed by atoms with Gasteiger partial charge in [-0.25, -0.2) is 4.68 Å². The second-order valence-electron chi connectivity index (χ2n) is 6.11. The maximum absolute atomic E-state index is 5.86. The molecule has 0 radical (unpaired) electrons. The van der Waals surface area contributed by atoms with Gasteiger partial charge in [0.15, 0.2) is 0 Å². The molecule has 118 valence electrons. The Labute approximate surface area is 137 Å². The summed E-state index contributed by atoms with van der Waals surface area (Å²) in [6, 6.07) is 16.8. The van der Waals surface area contributed by atoms with Crippen molar-refractivity contribution >= 4 is 0 Å². The van der Waals surface area contributed by atoms with E-state index in [0.717, 1.165) is 22.6 Å². The SMILES string of the molecule is Cc1ccc(-c2c(CN)nnn2-c2ccc(C(C)C)cc2)cc1. The lowest BCUT2D eigenvalue weighted by atomic mass is 10.0. The van der Waals surface area contributed by atoms with Crippen LogP contribution in [0.4, 0.5) is 0 Å². The van der Waals surface area contributed by atoms with E-state index in [1.165, 1.54) is 11.1 Å². The van der Waals surface area contributed by atoms with E-state index < -0.39 is 0 Å². The molecule has 2 N–H and O–H groups in total. The van der Waals surface area contributed by atoms with Crippen molar-refractivity contribution < 1.29 is 0 Å². The summed E-state index contributed by atoms with van der Waals surface area (Å²) < 4.78 is 1.87. The zero-order chi connectivity index (χ0) is 16.4. The van der Waals surface area contributed by atoms with Gasteiger partial charge >= 0.3 is 0 Å². The molecule has 0 spiro atoms. The molecular formula is C19H22N4. The highest BCUT2D eigenvalue weighted by Crippen LogP contribution is 2.26. The van der Waals surface area contributed by atoms with Gasteiger partial charge in [0.05, 0.1) is 11.4 Å². The Morgan fingerprint density at radius 1 is 1.00 bits per heavy atom. The lowest BCUT2D eigenvalue weighted by Gasteiger charge is -2.10. The quantitative estimate of drug-likeness (QED) is 0.797. The minimum Gasteiger partial charge on any atom is -0.325 e. The summed E-state index contributed by atoms with van der Waals surface area (Å²) in [5.74, 6) is 0.510. The molecule has 2 aromatic carbocycles. The predicted octanol–water partition coefficient (Wildman–Crippen LogP) is 3.82. The Bertz CT molecular complexity index is 783. The number of benzene rings is 2. The Morgan fingerprint density at radius 3 is 2.22 bits per heavy atom. The fourth-order valence-corrected chi connectivity index (χ4v) is 2.63. The fraction of sp³-hybridized carbons (Fsp3) is 0.263. The zero-order valence-corrected chi connectivity index (χ0v) is 13.8. The van der Waals surface area contributed by atoms with E-state index in [1.54, 1.807) is 0 Å². The first kappa shape index (κ1) is 15.4. The summed E-state index contributed by atoms with van der Waals surface area (Å²) in [6.07, 6.45) is 0. The van der Waals surface area contributed by atoms with Crippen LogP contribution in [0.2, 0.25) is 0 Å². The topological polar surface area (TPSA) is 56.7 Å². The smallest absolute Gasteiger partial charge is 0.105 e. The molecule has 0 bridgehead atoms. The van der Waals surface area contributed by atoms with Crippen molar-refractivity contribution in [3.8, 4) is 16.9 Å². The molecule has 1 aromatic heterocycles. The van der Waals surface area contributed by atoms with E-state index in [2.05, 4.69) is 79.6 Å². The Kier molecular flexibility index (Phi) is 4.26. The first-order valence-electron chi connectivity index (χ1n) is 7.92. The van der Waals surface area contributed by atoms with Gasteiger partial charge in [-0.05, 0) is 30.5 Å².